The summed E-state index contributed by atoms with van der Waals surface area (Å²) in [6.07, 6.45) is -6.67. The fourth-order valence-electron chi connectivity index (χ4n) is 3.54. The third-order valence-electron chi connectivity index (χ3n) is 5.40. The van der Waals surface area contributed by atoms with Gasteiger partial charge in [-0.3, -0.25) is 0 Å². The van der Waals surface area contributed by atoms with Crippen LogP contribution in [0.4, 0.5) is 0 Å². The second-order valence-corrected chi connectivity index (χ2v) is 7.58. The van der Waals surface area contributed by atoms with E-state index in [4.69, 9.17) is 14.2 Å². The van der Waals surface area contributed by atoms with Crippen LogP contribution in [0.3, 0.4) is 0 Å². The lowest BCUT2D eigenvalue weighted by atomic mass is 9.90. The number of hydrogen-bond acceptors (Lipinski definition) is 9. The van der Waals surface area contributed by atoms with E-state index in [2.05, 4.69) is 13.5 Å². The molecule has 2 aliphatic rings. The highest BCUT2D eigenvalue weighted by atomic mass is 16.7. The van der Waals surface area contributed by atoms with E-state index in [-0.39, 0.29) is 19.1 Å². The highest BCUT2D eigenvalue weighted by Gasteiger charge is 2.47. The normalized spacial score (nSPS) is 42.9. The van der Waals surface area contributed by atoms with E-state index in [0.717, 1.165) is 19.3 Å². The minimum atomic E-state index is -1.51. The Bertz CT molecular complexity index is 476. The summed E-state index contributed by atoms with van der Waals surface area (Å²) in [6, 6.07) is 0. The van der Waals surface area contributed by atoms with Crippen LogP contribution in [0.5, 0.6) is 0 Å². The molecule has 0 bridgehead atoms. The molecular weight excluding hydrogens is 372 g/mol. The molecule has 9 nitrogen and oxygen atoms in total. The fourth-order valence-corrected chi connectivity index (χ4v) is 3.54. The van der Waals surface area contributed by atoms with Crippen LogP contribution in [0.15, 0.2) is 12.7 Å². The Labute approximate surface area is 165 Å². The molecule has 2 aliphatic heterocycles. The van der Waals surface area contributed by atoms with Crippen LogP contribution in [-0.4, -0.2) is 98.5 Å². The van der Waals surface area contributed by atoms with Gasteiger partial charge in [-0.25, -0.2) is 0 Å². The molecule has 0 saturated carbocycles. The van der Waals surface area contributed by atoms with Crippen molar-refractivity contribution in [1.29, 1.82) is 0 Å². The molecule has 2 saturated heterocycles. The van der Waals surface area contributed by atoms with Crippen molar-refractivity contribution in [2.75, 3.05) is 6.61 Å². The molecule has 164 valence electrons. The molecule has 2 heterocycles. The van der Waals surface area contributed by atoms with Gasteiger partial charge in [0.25, 0.3) is 0 Å². The van der Waals surface area contributed by atoms with Gasteiger partial charge in [0.2, 0.25) is 0 Å². The quantitative estimate of drug-likeness (QED) is 0.205. The van der Waals surface area contributed by atoms with Gasteiger partial charge >= 0.3 is 0 Å². The summed E-state index contributed by atoms with van der Waals surface area (Å²) in [4.78, 5) is 0. The number of aliphatic hydroxyl groups is 6. The summed E-state index contributed by atoms with van der Waals surface area (Å²) in [5.41, 5.74) is 0. The molecule has 2 fully saturated rings. The van der Waals surface area contributed by atoms with E-state index in [1.54, 1.807) is 6.08 Å². The molecule has 10 unspecified atom stereocenters. The lowest BCUT2D eigenvalue weighted by molar-refractivity contribution is -0.311. The van der Waals surface area contributed by atoms with Crippen LogP contribution in [0.2, 0.25) is 0 Å². The molecule has 0 spiro atoms. The predicted octanol–water partition coefficient (Wildman–Crippen LogP) is -1.18. The van der Waals surface area contributed by atoms with E-state index >= 15 is 0 Å². The van der Waals surface area contributed by atoms with Crippen molar-refractivity contribution in [2.24, 2.45) is 0 Å². The Hall–Kier alpha value is -0.620. The zero-order chi connectivity index (χ0) is 20.8. The Morgan fingerprint density at radius 3 is 2.29 bits per heavy atom. The molecule has 6 N–H and O–H groups in total. The number of ether oxygens (including phenoxy) is 3. The number of unbranched alkanes of at least 4 members (excludes halogenated alkanes) is 2. The smallest absolute Gasteiger partial charge is 0.187 e. The first-order valence-electron chi connectivity index (χ1n) is 9.93. The Morgan fingerprint density at radius 1 is 0.964 bits per heavy atom. The van der Waals surface area contributed by atoms with Gasteiger partial charge in [-0.15, -0.1) is 6.58 Å². The molecule has 10 atom stereocenters. The van der Waals surface area contributed by atoms with Crippen molar-refractivity contribution >= 4 is 0 Å². The van der Waals surface area contributed by atoms with Crippen molar-refractivity contribution in [3.8, 4) is 0 Å². The summed E-state index contributed by atoms with van der Waals surface area (Å²) in [7, 11) is 0. The summed E-state index contributed by atoms with van der Waals surface area (Å²) in [5, 5.41) is 60.1. The maximum Gasteiger partial charge on any atom is 0.187 e. The van der Waals surface area contributed by atoms with Crippen LogP contribution in [0, 0.1) is 0 Å². The van der Waals surface area contributed by atoms with Crippen molar-refractivity contribution < 1.29 is 44.8 Å². The summed E-state index contributed by atoms with van der Waals surface area (Å²) < 4.78 is 16.8. The second-order valence-electron chi connectivity index (χ2n) is 7.58. The van der Waals surface area contributed by atoms with Crippen LogP contribution in [-0.2, 0) is 14.2 Å². The molecule has 0 aromatic carbocycles. The third kappa shape index (κ3) is 5.71. The van der Waals surface area contributed by atoms with Gasteiger partial charge in [-0.1, -0.05) is 32.3 Å². The lowest BCUT2D eigenvalue weighted by Gasteiger charge is -2.43. The van der Waals surface area contributed by atoms with Crippen LogP contribution < -0.4 is 0 Å². The molecule has 28 heavy (non-hydrogen) atoms. The predicted molar refractivity (Wildman–Crippen MR) is 98.3 cm³/mol. The van der Waals surface area contributed by atoms with Crippen LogP contribution >= 0.6 is 0 Å². The number of hydrogen-bond donors (Lipinski definition) is 6. The first kappa shape index (κ1) is 23.7. The van der Waals surface area contributed by atoms with Gasteiger partial charge in [-0.05, 0) is 6.42 Å². The molecule has 0 radical (unpaired) electrons. The maximum atomic E-state index is 10.3. The monoisotopic (exact) mass is 406 g/mol. The molecule has 0 amide bonds. The Kier molecular flexibility index (Phi) is 9.26. The Morgan fingerprint density at radius 2 is 1.64 bits per heavy atom. The average Bonchev–Trinajstić information content (AvgIpc) is 2.69. The minimum absolute atomic E-state index is 0.0651. The summed E-state index contributed by atoms with van der Waals surface area (Å²) in [5.74, 6) is 0. The standard InChI is InChI=1S/C19H34O9/c1-3-5-6-7-10(4-2)27-19-18(25)17(24)16(23)13(28-19)8-12-15(22)14(21)11(20)9-26-12/h4,10-25H,2-3,5-9H2,1H3. The SMILES string of the molecule is C=CC(CCCCC)OC1OC(CC2OCC(O)C(O)C2O)C(O)C(O)C1O. The molecule has 0 aliphatic carbocycles. The largest absolute Gasteiger partial charge is 0.388 e. The first-order chi connectivity index (χ1) is 13.3. The molecule has 0 aromatic heterocycles. The van der Waals surface area contributed by atoms with Gasteiger partial charge in [0, 0.05) is 6.42 Å². The van der Waals surface area contributed by atoms with Gasteiger partial charge in [0.05, 0.1) is 24.9 Å². The fraction of sp³-hybridized carbons (Fsp3) is 0.895. The molecular formula is C19H34O9. The number of aliphatic hydroxyl groups excluding tert-OH is 6. The second kappa shape index (κ2) is 11.0. The molecule has 2 rings (SSSR count). The zero-order valence-corrected chi connectivity index (χ0v) is 16.2. The third-order valence-corrected chi connectivity index (χ3v) is 5.40. The topological polar surface area (TPSA) is 149 Å². The van der Waals surface area contributed by atoms with E-state index in [0.29, 0.717) is 6.42 Å². The summed E-state index contributed by atoms with van der Waals surface area (Å²) in [6.45, 7) is 5.63. The van der Waals surface area contributed by atoms with Crippen molar-refractivity contribution in [3.63, 3.8) is 0 Å². The van der Waals surface area contributed by atoms with E-state index in [1.807, 2.05) is 0 Å². The summed E-state index contributed by atoms with van der Waals surface area (Å²) >= 11 is 0. The van der Waals surface area contributed by atoms with Gasteiger partial charge in [-0.2, -0.15) is 0 Å². The number of rotatable bonds is 9. The highest BCUT2D eigenvalue weighted by Crippen LogP contribution is 2.29. The maximum absolute atomic E-state index is 10.3. The highest BCUT2D eigenvalue weighted by molar-refractivity contribution is 4.95. The molecule has 0 aromatic rings. The van der Waals surface area contributed by atoms with E-state index in [1.165, 1.54) is 0 Å². The van der Waals surface area contributed by atoms with Crippen LogP contribution in [0.25, 0.3) is 0 Å². The van der Waals surface area contributed by atoms with Crippen molar-refractivity contribution in [2.45, 2.75) is 100 Å². The van der Waals surface area contributed by atoms with Crippen LogP contribution in [0.1, 0.15) is 39.0 Å². The zero-order valence-electron chi connectivity index (χ0n) is 16.2. The lowest BCUT2D eigenvalue weighted by Crippen LogP contribution is -2.61. The minimum Gasteiger partial charge on any atom is -0.388 e. The van der Waals surface area contributed by atoms with Gasteiger partial charge < -0.3 is 44.8 Å². The van der Waals surface area contributed by atoms with Crippen molar-refractivity contribution in [3.05, 3.63) is 12.7 Å². The van der Waals surface area contributed by atoms with E-state index < -0.39 is 55.1 Å². The molecule has 9 heteroatoms. The average molecular weight is 406 g/mol. The van der Waals surface area contributed by atoms with Gasteiger partial charge in [0.15, 0.2) is 6.29 Å². The first-order valence-corrected chi connectivity index (χ1v) is 9.93. The van der Waals surface area contributed by atoms with E-state index in [9.17, 15) is 30.6 Å². The van der Waals surface area contributed by atoms with Crippen molar-refractivity contribution in [1.82, 2.24) is 0 Å². The van der Waals surface area contributed by atoms with Gasteiger partial charge in [0.1, 0.15) is 36.6 Å². The Balaban J connectivity index is 2.00.